The number of esters is 2. The molecule has 0 saturated carbocycles. The van der Waals surface area contributed by atoms with Crippen molar-refractivity contribution in [2.45, 2.75) is 231 Å². The number of hydroxylamine groups is 2. The van der Waals surface area contributed by atoms with Crippen molar-refractivity contribution in [3.05, 3.63) is 0 Å². The highest BCUT2D eigenvalue weighted by Gasteiger charge is 2.51. The molecule has 13 heteroatoms. The number of carbonyl (C=O) groups excluding carboxylic acids is 2. The molecule has 0 bridgehead atoms. The van der Waals surface area contributed by atoms with Gasteiger partial charge in [-0.15, -0.1) is 10.3 Å². The lowest BCUT2D eigenvalue weighted by Crippen LogP contribution is -2.49. The van der Waals surface area contributed by atoms with E-state index in [1.54, 1.807) is 0 Å². The third kappa shape index (κ3) is 29.0. The van der Waals surface area contributed by atoms with Crippen LogP contribution in [0.5, 0.6) is 0 Å². The van der Waals surface area contributed by atoms with Crippen LogP contribution in [-0.2, 0) is 42.6 Å². The Morgan fingerprint density at radius 1 is 0.678 bits per heavy atom. The van der Waals surface area contributed by atoms with Crippen LogP contribution in [0.4, 0.5) is 0 Å². The van der Waals surface area contributed by atoms with Crippen molar-refractivity contribution >= 4 is 19.8 Å². The van der Waals surface area contributed by atoms with E-state index in [2.05, 4.69) is 6.92 Å². The zero-order valence-corrected chi connectivity index (χ0v) is 39.9. The van der Waals surface area contributed by atoms with Crippen molar-refractivity contribution in [2.24, 2.45) is 0 Å². The Morgan fingerprint density at radius 3 is 1.54 bits per heavy atom. The van der Waals surface area contributed by atoms with Crippen LogP contribution in [0.1, 0.15) is 214 Å². The topological polar surface area (TPSA) is 144 Å². The zero-order chi connectivity index (χ0) is 43.9. The average molecular weight is 862 g/mol. The molecule has 0 aromatic heterocycles. The summed E-state index contributed by atoms with van der Waals surface area (Å²) in [7, 11) is 1.14. The second kappa shape index (κ2) is 32.5. The van der Waals surface area contributed by atoms with Gasteiger partial charge in [0.25, 0.3) is 7.82 Å². The fourth-order valence-corrected chi connectivity index (χ4v) is 8.29. The van der Waals surface area contributed by atoms with Gasteiger partial charge in [0, 0.05) is 12.8 Å². The van der Waals surface area contributed by atoms with E-state index in [-0.39, 0.29) is 26.1 Å². The summed E-state index contributed by atoms with van der Waals surface area (Å²) in [6.45, 7) is 8.38. The number of nitrogens with zero attached hydrogens (tertiary/aromatic N) is 2. The minimum absolute atomic E-state index is 0.0395. The van der Waals surface area contributed by atoms with Crippen molar-refractivity contribution in [2.75, 3.05) is 54.1 Å². The van der Waals surface area contributed by atoms with Crippen molar-refractivity contribution < 1.29 is 52.0 Å². The zero-order valence-electron chi connectivity index (χ0n) is 39.0. The SMILES string of the molecule is CCCCCCCCCCCCCCCC(=O)OCC(COP(=O)([O-])OCC[N+](C)(C)C)OC(=O)CCCCCCCCCCCCCCC1(CC)OCC(C)(C)N1[O]. The first kappa shape index (κ1) is 55.9. The van der Waals surface area contributed by atoms with Gasteiger partial charge in [-0.2, -0.15) is 0 Å². The smallest absolute Gasteiger partial charge is 0.306 e. The molecule has 0 aromatic rings. The molecule has 0 aromatic carbocycles. The van der Waals surface area contributed by atoms with Crippen LogP contribution in [0.3, 0.4) is 0 Å². The first-order chi connectivity index (χ1) is 28.1. The molecule has 0 N–H and O–H groups in total. The molecule has 3 atom stereocenters. The van der Waals surface area contributed by atoms with E-state index in [4.69, 9.17) is 23.3 Å². The maximum absolute atomic E-state index is 12.7. The van der Waals surface area contributed by atoms with Crippen LogP contribution in [-0.4, -0.2) is 93.0 Å². The Morgan fingerprint density at radius 2 is 1.12 bits per heavy atom. The second-order valence-electron chi connectivity index (χ2n) is 18.8. The molecule has 1 aliphatic rings. The fourth-order valence-electron chi connectivity index (χ4n) is 7.56. The van der Waals surface area contributed by atoms with Gasteiger partial charge in [0.05, 0.1) is 39.9 Å². The number of quaternary nitrogens is 1. The van der Waals surface area contributed by atoms with Gasteiger partial charge >= 0.3 is 11.9 Å². The number of ether oxygens (including phenoxy) is 3. The van der Waals surface area contributed by atoms with Crippen LogP contribution >= 0.6 is 7.82 Å². The van der Waals surface area contributed by atoms with E-state index in [0.717, 1.165) is 64.2 Å². The molecule has 0 aliphatic carbocycles. The monoisotopic (exact) mass is 862 g/mol. The fraction of sp³-hybridized carbons (Fsp3) is 0.957. The highest BCUT2D eigenvalue weighted by atomic mass is 31.2. The van der Waals surface area contributed by atoms with Crippen molar-refractivity contribution in [3.8, 4) is 0 Å². The molecule has 1 saturated heterocycles. The van der Waals surface area contributed by atoms with Gasteiger partial charge in [0.1, 0.15) is 25.5 Å². The summed E-state index contributed by atoms with van der Waals surface area (Å²) in [5.41, 5.74) is -1.09. The quantitative estimate of drug-likeness (QED) is 0.0253. The van der Waals surface area contributed by atoms with Gasteiger partial charge in [-0.25, -0.2) is 0 Å². The first-order valence-electron chi connectivity index (χ1n) is 23.9. The van der Waals surface area contributed by atoms with E-state index >= 15 is 0 Å². The minimum Gasteiger partial charge on any atom is -0.756 e. The number of hydrogen-bond acceptors (Lipinski definition) is 10. The van der Waals surface area contributed by atoms with E-state index in [0.29, 0.717) is 24.1 Å². The van der Waals surface area contributed by atoms with Gasteiger partial charge < -0.3 is 32.6 Å². The lowest BCUT2D eigenvalue weighted by Gasteiger charge is -2.34. The molecule has 1 radical (unpaired) electrons. The van der Waals surface area contributed by atoms with Gasteiger partial charge in [0.15, 0.2) is 6.10 Å². The molecule has 1 aliphatic heterocycles. The Labute approximate surface area is 361 Å². The predicted molar refractivity (Wildman–Crippen MR) is 234 cm³/mol. The number of likely N-dealkylation sites (N-methyl/N-ethyl adjacent to an activating group) is 1. The normalized spacial score (nSPS) is 18.5. The Kier molecular flexibility index (Phi) is 30.8. The summed E-state index contributed by atoms with van der Waals surface area (Å²) in [5, 5.41) is 13.9. The summed E-state index contributed by atoms with van der Waals surface area (Å²) in [5.74, 6) is -0.858. The lowest BCUT2D eigenvalue weighted by atomic mass is 9.98. The number of unbranched alkanes of at least 4 members (excludes halogenated alkanes) is 23. The van der Waals surface area contributed by atoms with E-state index in [1.807, 2.05) is 41.9 Å². The standard InChI is InChI=1S/C46H90N2O10P/c1-8-10-11-12-13-14-15-16-19-22-25-28-31-34-43(49)54-39-42(40-57-59(52,53)56-38-37-48(5,6)7)58-44(50)35-32-29-26-23-20-17-18-21-24-27-30-33-36-46(9-2)47(51)45(3,4)41-55-46/h42H,8-41H2,1-7H3. The number of hydrogen-bond donors (Lipinski definition) is 0. The van der Waals surface area contributed by atoms with Gasteiger partial charge in [0.2, 0.25) is 0 Å². The van der Waals surface area contributed by atoms with Gasteiger partial charge in [-0.1, -0.05) is 155 Å². The highest BCUT2D eigenvalue weighted by molar-refractivity contribution is 7.45. The number of carbonyl (C=O) groups is 2. The number of phosphoric acid groups is 1. The molecule has 12 nitrogen and oxygen atoms in total. The maximum Gasteiger partial charge on any atom is 0.306 e. The molecule has 1 rings (SSSR count). The van der Waals surface area contributed by atoms with Crippen LogP contribution in [0.15, 0.2) is 0 Å². The predicted octanol–water partition coefficient (Wildman–Crippen LogP) is 11.2. The second-order valence-corrected chi connectivity index (χ2v) is 20.2. The van der Waals surface area contributed by atoms with Crippen molar-refractivity contribution in [1.29, 1.82) is 0 Å². The van der Waals surface area contributed by atoms with Crippen LogP contribution in [0.2, 0.25) is 0 Å². The molecule has 1 heterocycles. The summed E-state index contributed by atoms with van der Waals surface area (Å²) in [6.07, 6.45) is 29.9. The Bertz CT molecular complexity index is 1120. The third-order valence-corrected chi connectivity index (χ3v) is 12.5. The lowest BCUT2D eigenvalue weighted by molar-refractivity contribution is -0.870. The van der Waals surface area contributed by atoms with Crippen LogP contribution in [0.25, 0.3) is 0 Å². The molecule has 349 valence electrons. The molecule has 1 fully saturated rings. The molecule has 0 spiro atoms. The van der Waals surface area contributed by atoms with Crippen LogP contribution < -0.4 is 4.89 Å². The van der Waals surface area contributed by atoms with Gasteiger partial charge in [-0.05, 0) is 46.0 Å². The number of phosphoric ester groups is 1. The van der Waals surface area contributed by atoms with Crippen LogP contribution in [0, 0.1) is 0 Å². The van der Waals surface area contributed by atoms with Crippen molar-refractivity contribution in [1.82, 2.24) is 5.06 Å². The maximum atomic E-state index is 12.7. The third-order valence-electron chi connectivity index (χ3n) is 11.5. The van der Waals surface area contributed by atoms with E-state index in [9.17, 15) is 24.3 Å². The molecular formula is C46H90N2O10P. The van der Waals surface area contributed by atoms with Gasteiger partial charge in [-0.3, -0.25) is 14.2 Å². The highest BCUT2D eigenvalue weighted by Crippen LogP contribution is 2.40. The molecule has 3 unspecified atom stereocenters. The van der Waals surface area contributed by atoms with Crippen molar-refractivity contribution in [3.63, 3.8) is 0 Å². The molecule has 59 heavy (non-hydrogen) atoms. The number of rotatable bonds is 40. The summed E-state index contributed by atoms with van der Waals surface area (Å²) in [6, 6.07) is 0. The minimum atomic E-state index is -4.64. The molecule has 0 amide bonds. The average Bonchev–Trinajstić information content (AvgIpc) is 3.41. The summed E-state index contributed by atoms with van der Waals surface area (Å²) >= 11 is 0. The Balaban J connectivity index is 2.26. The van der Waals surface area contributed by atoms with E-state index < -0.39 is 43.7 Å². The summed E-state index contributed by atoms with van der Waals surface area (Å²) < 4.78 is 39.9. The molecular weight excluding hydrogens is 771 g/mol. The largest absolute Gasteiger partial charge is 0.756 e. The summed E-state index contributed by atoms with van der Waals surface area (Å²) in [4.78, 5) is 37.6. The Hall–Kier alpha value is -1.11. The van der Waals surface area contributed by atoms with E-state index in [1.165, 1.54) is 108 Å². The first-order valence-corrected chi connectivity index (χ1v) is 25.4.